The Kier molecular flexibility index (Phi) is 3.72. The molecule has 0 N–H and O–H groups in total. The maximum atomic E-state index is 5.72. The largest absolute Gasteiger partial charge is 0.304 e. The van der Waals surface area contributed by atoms with Gasteiger partial charge in [-0.1, -0.05) is 30.3 Å². The smallest absolute Gasteiger partial charge is 0.0935 e. The first-order chi connectivity index (χ1) is 7.34. The summed E-state index contributed by atoms with van der Waals surface area (Å²) in [5.74, 6) is 0. The normalized spacial score (nSPS) is 19.3. The van der Waals surface area contributed by atoms with Crippen LogP contribution < -0.4 is 0 Å². The highest BCUT2D eigenvalue weighted by Crippen LogP contribution is 2.05. The van der Waals surface area contributed by atoms with E-state index >= 15 is 0 Å². The van der Waals surface area contributed by atoms with Crippen LogP contribution in [-0.2, 0) is 11.4 Å². The summed E-state index contributed by atoms with van der Waals surface area (Å²) in [4.78, 5) is 8.05. The van der Waals surface area contributed by atoms with E-state index in [-0.39, 0.29) is 0 Å². The van der Waals surface area contributed by atoms with E-state index < -0.39 is 0 Å². The zero-order valence-electron chi connectivity index (χ0n) is 9.22. The Morgan fingerprint density at radius 2 is 1.73 bits per heavy atom. The molecule has 2 rings (SSSR count). The summed E-state index contributed by atoms with van der Waals surface area (Å²) in [7, 11) is 2.15. The second-order valence-electron chi connectivity index (χ2n) is 3.99. The minimum Gasteiger partial charge on any atom is -0.304 e. The van der Waals surface area contributed by atoms with Crippen LogP contribution in [0.25, 0.3) is 0 Å². The van der Waals surface area contributed by atoms with E-state index in [0.717, 1.165) is 26.2 Å². The Hall–Kier alpha value is -0.900. The van der Waals surface area contributed by atoms with Crippen LogP contribution in [0.15, 0.2) is 30.3 Å². The van der Waals surface area contributed by atoms with Crippen LogP contribution in [0.1, 0.15) is 5.56 Å². The molecule has 15 heavy (non-hydrogen) atoms. The molecule has 0 bridgehead atoms. The summed E-state index contributed by atoms with van der Waals surface area (Å²) in [6.45, 7) is 4.88. The molecule has 0 aromatic heterocycles. The molecule has 0 spiro atoms. The fourth-order valence-corrected chi connectivity index (χ4v) is 1.66. The van der Waals surface area contributed by atoms with Gasteiger partial charge in [0.05, 0.1) is 6.61 Å². The third kappa shape index (κ3) is 3.30. The van der Waals surface area contributed by atoms with Crippen LogP contribution in [0.3, 0.4) is 0 Å². The molecule has 1 aromatic carbocycles. The third-order valence-corrected chi connectivity index (χ3v) is 2.72. The fourth-order valence-electron chi connectivity index (χ4n) is 1.66. The summed E-state index contributed by atoms with van der Waals surface area (Å²) < 4.78 is 0. The Bertz CT molecular complexity index is 281. The summed E-state index contributed by atoms with van der Waals surface area (Å²) in [5, 5.41) is 2.06. The van der Waals surface area contributed by atoms with Gasteiger partial charge < -0.3 is 4.90 Å². The van der Waals surface area contributed by atoms with Crippen LogP contribution >= 0.6 is 0 Å². The molecule has 0 saturated carbocycles. The van der Waals surface area contributed by atoms with Crippen molar-refractivity contribution in [1.82, 2.24) is 9.96 Å². The van der Waals surface area contributed by atoms with Crippen molar-refractivity contribution in [3.05, 3.63) is 35.9 Å². The predicted molar refractivity (Wildman–Crippen MR) is 60.3 cm³/mol. The molecule has 1 heterocycles. The Morgan fingerprint density at radius 3 is 2.40 bits per heavy atom. The van der Waals surface area contributed by atoms with Crippen LogP contribution in [0.2, 0.25) is 0 Å². The zero-order chi connectivity index (χ0) is 10.5. The van der Waals surface area contributed by atoms with Gasteiger partial charge in [0.25, 0.3) is 0 Å². The van der Waals surface area contributed by atoms with Crippen molar-refractivity contribution in [2.24, 2.45) is 0 Å². The Labute approximate surface area is 91.2 Å². The highest BCUT2D eigenvalue weighted by Gasteiger charge is 2.13. The monoisotopic (exact) mass is 206 g/mol. The second-order valence-corrected chi connectivity index (χ2v) is 3.99. The van der Waals surface area contributed by atoms with E-state index in [1.165, 1.54) is 5.56 Å². The molecule has 0 atom stereocenters. The molecular formula is C12H18N2O. The molecule has 82 valence electrons. The van der Waals surface area contributed by atoms with E-state index in [9.17, 15) is 0 Å². The minimum atomic E-state index is 0.685. The lowest BCUT2D eigenvalue weighted by Crippen LogP contribution is -2.44. The summed E-state index contributed by atoms with van der Waals surface area (Å²) in [6, 6.07) is 10.3. The summed E-state index contributed by atoms with van der Waals surface area (Å²) >= 11 is 0. The average Bonchev–Trinajstić information content (AvgIpc) is 2.30. The molecule has 1 saturated heterocycles. The molecule has 1 aromatic rings. The standard InChI is InChI=1S/C12H18N2O/c1-13-7-9-14(10-8-13)15-11-12-5-3-2-4-6-12/h2-6H,7-11H2,1H3. The number of piperazine rings is 1. The quantitative estimate of drug-likeness (QED) is 0.743. The first kappa shape index (κ1) is 10.6. The Balaban J connectivity index is 1.74. The first-order valence-electron chi connectivity index (χ1n) is 5.45. The van der Waals surface area contributed by atoms with Crippen molar-refractivity contribution in [3.8, 4) is 0 Å². The van der Waals surface area contributed by atoms with Gasteiger partial charge in [-0.15, -0.1) is 0 Å². The lowest BCUT2D eigenvalue weighted by molar-refractivity contribution is -0.184. The maximum absolute atomic E-state index is 5.72. The number of hydroxylamine groups is 2. The topological polar surface area (TPSA) is 15.7 Å². The molecule has 1 fully saturated rings. The molecule has 0 radical (unpaired) electrons. The molecule has 0 unspecified atom stereocenters. The number of nitrogens with zero attached hydrogens (tertiary/aromatic N) is 2. The van der Waals surface area contributed by atoms with Crippen LogP contribution in [0.5, 0.6) is 0 Å². The maximum Gasteiger partial charge on any atom is 0.0935 e. The first-order valence-corrected chi connectivity index (χ1v) is 5.45. The molecular weight excluding hydrogens is 188 g/mol. The average molecular weight is 206 g/mol. The van der Waals surface area contributed by atoms with Crippen molar-refractivity contribution in [2.45, 2.75) is 6.61 Å². The van der Waals surface area contributed by atoms with Crippen LogP contribution in [0.4, 0.5) is 0 Å². The van der Waals surface area contributed by atoms with E-state index in [1.807, 2.05) is 18.2 Å². The van der Waals surface area contributed by atoms with Crippen molar-refractivity contribution >= 4 is 0 Å². The van der Waals surface area contributed by atoms with Gasteiger partial charge in [0, 0.05) is 26.2 Å². The number of rotatable bonds is 3. The van der Waals surface area contributed by atoms with Gasteiger partial charge in [0.1, 0.15) is 0 Å². The lowest BCUT2D eigenvalue weighted by atomic mass is 10.2. The van der Waals surface area contributed by atoms with Crippen molar-refractivity contribution in [1.29, 1.82) is 0 Å². The minimum absolute atomic E-state index is 0.685. The fraction of sp³-hybridized carbons (Fsp3) is 0.500. The van der Waals surface area contributed by atoms with Crippen LogP contribution in [0, 0.1) is 0 Å². The van der Waals surface area contributed by atoms with Crippen molar-refractivity contribution in [3.63, 3.8) is 0 Å². The highest BCUT2D eigenvalue weighted by atomic mass is 16.7. The second kappa shape index (κ2) is 5.26. The zero-order valence-corrected chi connectivity index (χ0v) is 9.22. The summed E-state index contributed by atoms with van der Waals surface area (Å²) in [5.41, 5.74) is 1.23. The predicted octanol–water partition coefficient (Wildman–Crippen LogP) is 1.37. The van der Waals surface area contributed by atoms with Gasteiger partial charge in [0.2, 0.25) is 0 Å². The molecule has 1 aliphatic heterocycles. The molecule has 3 heteroatoms. The number of benzene rings is 1. The van der Waals surface area contributed by atoms with Gasteiger partial charge in [0.15, 0.2) is 0 Å². The van der Waals surface area contributed by atoms with Gasteiger partial charge in [-0.25, -0.2) is 0 Å². The molecule has 0 aliphatic carbocycles. The number of likely N-dealkylation sites (N-methyl/N-ethyl adjacent to an activating group) is 1. The van der Waals surface area contributed by atoms with Gasteiger partial charge in [-0.2, -0.15) is 5.06 Å². The summed E-state index contributed by atoms with van der Waals surface area (Å²) in [6.07, 6.45) is 0. The number of hydrogen-bond acceptors (Lipinski definition) is 3. The van der Waals surface area contributed by atoms with Crippen molar-refractivity contribution in [2.75, 3.05) is 33.2 Å². The van der Waals surface area contributed by atoms with Gasteiger partial charge in [-0.05, 0) is 12.6 Å². The van der Waals surface area contributed by atoms with E-state index in [2.05, 4.69) is 29.1 Å². The lowest BCUT2D eigenvalue weighted by Gasteiger charge is -2.31. The SMILES string of the molecule is CN1CCN(OCc2ccccc2)CC1. The van der Waals surface area contributed by atoms with E-state index in [1.54, 1.807) is 0 Å². The third-order valence-electron chi connectivity index (χ3n) is 2.72. The molecule has 1 aliphatic rings. The Morgan fingerprint density at radius 1 is 1.07 bits per heavy atom. The van der Waals surface area contributed by atoms with Gasteiger partial charge >= 0.3 is 0 Å². The van der Waals surface area contributed by atoms with E-state index in [0.29, 0.717) is 6.61 Å². The van der Waals surface area contributed by atoms with Crippen LogP contribution in [-0.4, -0.2) is 43.2 Å². The van der Waals surface area contributed by atoms with Crippen molar-refractivity contribution < 1.29 is 4.84 Å². The van der Waals surface area contributed by atoms with E-state index in [4.69, 9.17) is 4.84 Å². The van der Waals surface area contributed by atoms with Gasteiger partial charge in [-0.3, -0.25) is 4.84 Å². The highest BCUT2D eigenvalue weighted by molar-refractivity contribution is 5.13. The molecule has 3 nitrogen and oxygen atoms in total. The number of hydrogen-bond donors (Lipinski definition) is 0. The molecule has 0 amide bonds.